The molecule has 3 rings (SSSR count). The van der Waals surface area contributed by atoms with E-state index in [9.17, 15) is 0 Å². The first kappa shape index (κ1) is 10.7. The van der Waals surface area contributed by atoms with E-state index in [4.69, 9.17) is 4.98 Å². The van der Waals surface area contributed by atoms with Gasteiger partial charge >= 0.3 is 0 Å². The van der Waals surface area contributed by atoms with Crippen molar-refractivity contribution in [1.82, 2.24) is 10.3 Å². The van der Waals surface area contributed by atoms with Crippen molar-refractivity contribution in [3.05, 3.63) is 15.6 Å². The van der Waals surface area contributed by atoms with Crippen molar-refractivity contribution in [3.8, 4) is 0 Å². The van der Waals surface area contributed by atoms with Crippen LogP contribution in [0.5, 0.6) is 0 Å². The minimum atomic E-state index is 0.443. The Balaban J connectivity index is 1.85. The minimum absolute atomic E-state index is 0.443. The van der Waals surface area contributed by atoms with Crippen LogP contribution in [0.1, 0.15) is 61.0 Å². The van der Waals surface area contributed by atoms with Gasteiger partial charge in [0.25, 0.3) is 0 Å². The topological polar surface area (TPSA) is 24.9 Å². The molecule has 2 aliphatic rings. The van der Waals surface area contributed by atoms with Crippen molar-refractivity contribution in [1.29, 1.82) is 0 Å². The van der Waals surface area contributed by atoms with Crippen molar-refractivity contribution < 1.29 is 0 Å². The van der Waals surface area contributed by atoms with Crippen molar-refractivity contribution in [2.75, 3.05) is 6.54 Å². The first-order chi connectivity index (χ1) is 7.73. The van der Waals surface area contributed by atoms with Gasteiger partial charge in [-0.3, -0.25) is 0 Å². The number of aromatic nitrogens is 1. The molecule has 1 aromatic rings. The van der Waals surface area contributed by atoms with Gasteiger partial charge < -0.3 is 5.32 Å². The maximum absolute atomic E-state index is 4.94. The summed E-state index contributed by atoms with van der Waals surface area (Å²) in [7, 11) is 0. The number of nitrogens with one attached hydrogen (secondary N) is 1. The molecular formula is C13H20N2S. The van der Waals surface area contributed by atoms with E-state index in [-0.39, 0.29) is 0 Å². The van der Waals surface area contributed by atoms with Crippen LogP contribution in [0, 0.1) is 0 Å². The number of nitrogens with zero attached hydrogens (tertiary/aromatic N) is 1. The van der Waals surface area contributed by atoms with Gasteiger partial charge in [0.05, 0.1) is 10.7 Å². The number of thiazole rings is 1. The van der Waals surface area contributed by atoms with Crippen LogP contribution in [0.4, 0.5) is 0 Å². The summed E-state index contributed by atoms with van der Waals surface area (Å²) in [5.41, 5.74) is 1.87. The molecule has 0 atom stereocenters. The monoisotopic (exact) mass is 236 g/mol. The predicted molar refractivity (Wildman–Crippen MR) is 68.1 cm³/mol. The summed E-state index contributed by atoms with van der Waals surface area (Å²) in [4.78, 5) is 6.44. The number of hydrogen-bond acceptors (Lipinski definition) is 3. The van der Waals surface area contributed by atoms with E-state index in [0.717, 1.165) is 19.0 Å². The van der Waals surface area contributed by atoms with Crippen LogP contribution in [-0.2, 0) is 12.0 Å². The van der Waals surface area contributed by atoms with E-state index in [1.54, 1.807) is 0 Å². The van der Waals surface area contributed by atoms with Gasteiger partial charge in [-0.2, -0.15) is 0 Å². The largest absolute Gasteiger partial charge is 0.312 e. The third kappa shape index (κ3) is 1.91. The van der Waals surface area contributed by atoms with E-state index in [1.807, 2.05) is 11.3 Å². The van der Waals surface area contributed by atoms with Crippen LogP contribution in [0.3, 0.4) is 0 Å². The molecule has 88 valence electrons. The van der Waals surface area contributed by atoms with Gasteiger partial charge in [0, 0.05) is 22.8 Å². The summed E-state index contributed by atoms with van der Waals surface area (Å²) < 4.78 is 0. The Bertz CT molecular complexity index is 389. The second-order valence-corrected chi connectivity index (χ2v) is 6.53. The van der Waals surface area contributed by atoms with E-state index < -0.39 is 0 Å². The molecule has 1 heterocycles. The molecule has 3 heteroatoms. The van der Waals surface area contributed by atoms with Gasteiger partial charge in [-0.05, 0) is 32.2 Å². The van der Waals surface area contributed by atoms with Crippen LogP contribution >= 0.6 is 11.3 Å². The van der Waals surface area contributed by atoms with Crippen LogP contribution in [0.15, 0.2) is 0 Å². The molecule has 2 fully saturated rings. The third-order valence-corrected chi connectivity index (χ3v) is 5.12. The molecule has 0 aliphatic heterocycles. The highest BCUT2D eigenvalue weighted by Gasteiger charge is 2.43. The fourth-order valence-corrected chi connectivity index (χ4v) is 3.38. The van der Waals surface area contributed by atoms with Crippen LogP contribution in [-0.4, -0.2) is 11.5 Å². The average molecular weight is 236 g/mol. The molecule has 2 nitrogen and oxygen atoms in total. The van der Waals surface area contributed by atoms with Gasteiger partial charge in [0.2, 0.25) is 0 Å². The van der Waals surface area contributed by atoms with Crippen molar-refractivity contribution in [2.45, 2.75) is 57.4 Å². The van der Waals surface area contributed by atoms with Gasteiger partial charge in [-0.1, -0.05) is 13.8 Å². The average Bonchev–Trinajstić information content (AvgIpc) is 3.19. The smallest absolute Gasteiger partial charge is 0.0990 e. The Morgan fingerprint density at radius 2 is 2.19 bits per heavy atom. The molecule has 16 heavy (non-hydrogen) atoms. The molecule has 0 unspecified atom stereocenters. The lowest BCUT2D eigenvalue weighted by Crippen LogP contribution is -2.11. The molecule has 0 saturated heterocycles. The highest BCUT2D eigenvalue weighted by molar-refractivity contribution is 7.12. The molecule has 2 saturated carbocycles. The molecule has 1 N–H and O–H groups in total. The quantitative estimate of drug-likeness (QED) is 0.849. The second-order valence-electron chi connectivity index (χ2n) is 5.44. The first-order valence-corrected chi connectivity index (χ1v) is 7.25. The highest BCUT2D eigenvalue weighted by atomic mass is 32.1. The lowest BCUT2D eigenvalue weighted by Gasteiger charge is -2.00. The molecule has 0 bridgehead atoms. The number of hydrogen-bond donors (Lipinski definition) is 1. The lowest BCUT2D eigenvalue weighted by atomic mass is 10.1. The van der Waals surface area contributed by atoms with Crippen molar-refractivity contribution >= 4 is 11.3 Å². The maximum Gasteiger partial charge on any atom is 0.0990 e. The Hall–Kier alpha value is -0.410. The molecule has 1 aromatic heterocycles. The fourth-order valence-electron chi connectivity index (χ4n) is 2.06. The molecule has 0 spiro atoms. The van der Waals surface area contributed by atoms with Gasteiger partial charge in [-0.15, -0.1) is 11.3 Å². The Labute approximate surface area is 101 Å². The highest BCUT2D eigenvalue weighted by Crippen LogP contribution is 2.51. The zero-order valence-electron chi connectivity index (χ0n) is 10.2. The van der Waals surface area contributed by atoms with Crippen molar-refractivity contribution in [3.63, 3.8) is 0 Å². The van der Waals surface area contributed by atoms with Crippen molar-refractivity contribution in [2.24, 2.45) is 0 Å². The summed E-state index contributed by atoms with van der Waals surface area (Å²) >= 11 is 1.96. The van der Waals surface area contributed by atoms with Gasteiger partial charge in [-0.25, -0.2) is 4.98 Å². The molecule has 2 aliphatic carbocycles. The Morgan fingerprint density at radius 3 is 2.75 bits per heavy atom. The second kappa shape index (κ2) is 3.81. The van der Waals surface area contributed by atoms with E-state index in [2.05, 4.69) is 19.2 Å². The SMILES string of the molecule is CCNCc1sc(C2(C)CC2)nc1C1CC1. The predicted octanol–water partition coefficient (Wildman–Crippen LogP) is 3.18. The van der Waals surface area contributed by atoms with Crippen LogP contribution in [0.25, 0.3) is 0 Å². The molecular weight excluding hydrogens is 216 g/mol. The van der Waals surface area contributed by atoms with Crippen LogP contribution in [0.2, 0.25) is 0 Å². The van der Waals surface area contributed by atoms with E-state index >= 15 is 0 Å². The normalized spacial score (nSPS) is 22.4. The molecule has 0 aromatic carbocycles. The summed E-state index contributed by atoms with van der Waals surface area (Å²) in [6.45, 7) is 6.60. The zero-order chi connectivity index (χ0) is 11.2. The third-order valence-electron chi connectivity index (χ3n) is 3.74. The van der Waals surface area contributed by atoms with Gasteiger partial charge in [0.1, 0.15) is 0 Å². The zero-order valence-corrected chi connectivity index (χ0v) is 11.0. The molecule has 0 radical (unpaired) electrons. The van der Waals surface area contributed by atoms with E-state index in [1.165, 1.54) is 41.3 Å². The standard InChI is InChI=1S/C13H20N2S/c1-3-14-8-10-11(9-4-5-9)15-12(16-10)13(2)6-7-13/h9,14H,3-8H2,1-2H3. The Kier molecular flexibility index (Phi) is 2.55. The summed E-state index contributed by atoms with van der Waals surface area (Å²) in [5.74, 6) is 0.793. The first-order valence-electron chi connectivity index (χ1n) is 6.44. The lowest BCUT2D eigenvalue weighted by molar-refractivity contribution is 0.724. The summed E-state index contributed by atoms with van der Waals surface area (Å²) in [5, 5.41) is 4.85. The van der Waals surface area contributed by atoms with E-state index in [0.29, 0.717) is 5.41 Å². The fraction of sp³-hybridized carbons (Fsp3) is 0.769. The Morgan fingerprint density at radius 1 is 1.44 bits per heavy atom. The maximum atomic E-state index is 4.94. The summed E-state index contributed by atoms with van der Waals surface area (Å²) in [6.07, 6.45) is 5.40. The number of rotatable bonds is 5. The molecule has 0 amide bonds. The summed E-state index contributed by atoms with van der Waals surface area (Å²) in [6, 6.07) is 0. The van der Waals surface area contributed by atoms with Gasteiger partial charge in [0.15, 0.2) is 0 Å². The minimum Gasteiger partial charge on any atom is -0.312 e. The van der Waals surface area contributed by atoms with Crippen LogP contribution < -0.4 is 5.32 Å².